The molecule has 0 unspecified atom stereocenters. The molecule has 274 valence electrons. The molecule has 0 radical (unpaired) electrons. The summed E-state index contributed by atoms with van der Waals surface area (Å²) in [6, 6.07) is 22.3. The largest absolute Gasteiger partial charge is 0.300 e. The Morgan fingerprint density at radius 1 is 0.725 bits per heavy atom. The number of nitrogens with zero attached hydrogens (tertiary/aromatic N) is 4. The highest BCUT2D eigenvalue weighted by Crippen LogP contribution is 2.45. The summed E-state index contributed by atoms with van der Waals surface area (Å²) in [6.45, 7) is 15.4. The van der Waals surface area contributed by atoms with Gasteiger partial charge in [0.2, 0.25) is 10.0 Å². The second kappa shape index (κ2) is 13.4. The lowest BCUT2D eigenvalue weighted by Gasteiger charge is -2.57. The zero-order chi connectivity index (χ0) is 36.3. The van der Waals surface area contributed by atoms with E-state index in [-0.39, 0.29) is 27.7 Å². The number of piperidine rings is 3. The molecule has 10 heteroatoms. The van der Waals surface area contributed by atoms with Gasteiger partial charge in [0, 0.05) is 25.0 Å². The van der Waals surface area contributed by atoms with Gasteiger partial charge in [0.1, 0.15) is 5.82 Å². The summed E-state index contributed by atoms with van der Waals surface area (Å²) in [4.78, 5) is 8.08. The molecule has 3 fully saturated rings. The van der Waals surface area contributed by atoms with Gasteiger partial charge in [-0.05, 0) is 122 Å². The Morgan fingerprint density at radius 3 is 1.90 bits per heavy atom. The van der Waals surface area contributed by atoms with E-state index in [1.807, 2.05) is 52.8 Å². The minimum Gasteiger partial charge on any atom is -0.300 e. The van der Waals surface area contributed by atoms with E-state index in [0.717, 1.165) is 49.9 Å². The lowest BCUT2D eigenvalue weighted by Crippen LogP contribution is -2.65. The van der Waals surface area contributed by atoms with Crippen molar-refractivity contribution in [2.24, 2.45) is 11.8 Å². The van der Waals surface area contributed by atoms with Crippen molar-refractivity contribution in [3.63, 3.8) is 0 Å². The third kappa shape index (κ3) is 6.82. The maximum absolute atomic E-state index is 14.6. The molecule has 8 nitrogen and oxygen atoms in total. The van der Waals surface area contributed by atoms with Crippen LogP contribution < -0.4 is 0 Å². The SMILES string of the molecule is CC(C)(C)c1ccc(S(=O)(=O)N2C[C@@H]3CCCN4CCC[C@@H]([C@H]34)[C@H]2CCCc2nc3ccccc3n2S(=O)(=O)c2ccc(C(C)(C)C)cc2)cc1. The third-order valence-electron chi connectivity index (χ3n) is 11.7. The number of para-hydroxylation sites is 2. The van der Waals surface area contributed by atoms with Gasteiger partial charge in [0.15, 0.2) is 0 Å². The number of aryl methyl sites for hydroxylation is 1. The van der Waals surface area contributed by atoms with Crippen LogP contribution in [0.25, 0.3) is 11.0 Å². The van der Waals surface area contributed by atoms with E-state index in [1.54, 1.807) is 24.3 Å². The first-order chi connectivity index (χ1) is 24.1. The van der Waals surface area contributed by atoms with Gasteiger partial charge in [0.25, 0.3) is 10.0 Å². The van der Waals surface area contributed by atoms with Crippen molar-refractivity contribution < 1.29 is 16.8 Å². The molecule has 3 saturated heterocycles. The quantitative estimate of drug-likeness (QED) is 0.184. The van der Waals surface area contributed by atoms with Gasteiger partial charge in [-0.2, -0.15) is 4.31 Å². The Balaban J connectivity index is 1.21. The van der Waals surface area contributed by atoms with E-state index in [0.29, 0.717) is 59.5 Å². The Labute approximate surface area is 305 Å². The van der Waals surface area contributed by atoms with Crippen LogP contribution in [-0.4, -0.2) is 66.7 Å². The molecule has 0 saturated carbocycles. The lowest BCUT2D eigenvalue weighted by atomic mass is 9.70. The molecular weight excluding hydrogens is 677 g/mol. The number of fused-ring (bicyclic) bond motifs is 1. The molecule has 3 aliphatic heterocycles. The summed E-state index contributed by atoms with van der Waals surface area (Å²) in [5, 5.41) is 0. The van der Waals surface area contributed by atoms with Gasteiger partial charge in [-0.15, -0.1) is 0 Å². The molecule has 0 N–H and O–H groups in total. The molecule has 0 amide bonds. The molecule has 4 heterocycles. The van der Waals surface area contributed by atoms with Crippen LogP contribution in [0.1, 0.15) is 97.0 Å². The van der Waals surface area contributed by atoms with Crippen LogP contribution in [0, 0.1) is 11.8 Å². The molecule has 3 aromatic carbocycles. The minimum absolute atomic E-state index is 0.0727. The third-order valence-corrected chi connectivity index (χ3v) is 15.4. The Morgan fingerprint density at radius 2 is 1.29 bits per heavy atom. The van der Waals surface area contributed by atoms with Gasteiger partial charge in [0.05, 0.1) is 20.8 Å². The van der Waals surface area contributed by atoms with E-state index < -0.39 is 20.0 Å². The van der Waals surface area contributed by atoms with Gasteiger partial charge in [-0.1, -0.05) is 77.9 Å². The Bertz CT molecular complexity index is 2090. The summed E-state index contributed by atoms with van der Waals surface area (Å²) in [5.41, 5.74) is 3.19. The number of rotatable bonds is 8. The zero-order valence-corrected chi connectivity index (χ0v) is 32.7. The van der Waals surface area contributed by atoms with Crippen molar-refractivity contribution >= 4 is 31.1 Å². The first-order valence-electron chi connectivity index (χ1n) is 18.8. The fourth-order valence-electron chi connectivity index (χ4n) is 9.03. The molecular formula is C41H54N4O4S2. The molecule has 4 atom stereocenters. The average molecular weight is 731 g/mol. The average Bonchev–Trinajstić information content (AvgIpc) is 3.48. The van der Waals surface area contributed by atoms with E-state index in [4.69, 9.17) is 4.98 Å². The summed E-state index contributed by atoms with van der Waals surface area (Å²) >= 11 is 0. The molecule has 7 rings (SSSR count). The lowest BCUT2D eigenvalue weighted by molar-refractivity contribution is -0.0523. The number of sulfonamides is 1. The maximum atomic E-state index is 14.6. The summed E-state index contributed by atoms with van der Waals surface area (Å²) < 4.78 is 61.1. The second-order valence-electron chi connectivity index (χ2n) is 17.1. The number of benzene rings is 3. The van der Waals surface area contributed by atoms with Gasteiger partial charge in [-0.3, -0.25) is 4.90 Å². The number of aromatic nitrogens is 2. The van der Waals surface area contributed by atoms with Crippen LogP contribution in [-0.2, 0) is 37.3 Å². The standard InChI is InChI=1S/C41H54N4O4S2/c1-40(2,3)30-18-22-32(23-19-30)50(46,47)44-28-29-12-10-26-43-27-11-13-34(39(29)43)36(44)16-9-17-38-42-35-14-7-8-15-37(35)45(38)51(48,49)33-24-20-31(21-25-33)41(4,5)6/h7-8,14-15,18-25,29,34,36,39H,9-13,16-17,26-28H2,1-6H3/t29-,34+,36+,39-/m0/s1. The highest BCUT2D eigenvalue weighted by Gasteiger charge is 2.51. The van der Waals surface area contributed by atoms with Crippen molar-refractivity contribution in [1.29, 1.82) is 0 Å². The fraction of sp³-hybridized carbons (Fsp3) is 0.537. The number of imidazole rings is 1. The molecule has 3 aliphatic rings. The van der Waals surface area contributed by atoms with Crippen LogP contribution in [0.2, 0.25) is 0 Å². The number of hydrogen-bond acceptors (Lipinski definition) is 6. The molecule has 0 aliphatic carbocycles. The maximum Gasteiger partial charge on any atom is 0.269 e. The summed E-state index contributed by atoms with van der Waals surface area (Å²) in [5.74, 6) is 1.05. The summed E-state index contributed by atoms with van der Waals surface area (Å²) in [7, 11) is -7.70. The zero-order valence-electron chi connectivity index (χ0n) is 31.0. The topological polar surface area (TPSA) is 92.6 Å². The predicted octanol–water partition coefficient (Wildman–Crippen LogP) is 7.75. The molecule has 4 aromatic rings. The van der Waals surface area contributed by atoms with Crippen molar-refractivity contribution in [3.05, 3.63) is 89.7 Å². The predicted molar refractivity (Wildman–Crippen MR) is 204 cm³/mol. The van der Waals surface area contributed by atoms with Crippen LogP contribution in [0.15, 0.2) is 82.6 Å². The van der Waals surface area contributed by atoms with Crippen molar-refractivity contribution in [2.75, 3.05) is 19.6 Å². The van der Waals surface area contributed by atoms with Gasteiger partial charge >= 0.3 is 0 Å². The van der Waals surface area contributed by atoms with Crippen molar-refractivity contribution in [3.8, 4) is 0 Å². The van der Waals surface area contributed by atoms with E-state index in [9.17, 15) is 16.8 Å². The minimum atomic E-state index is -3.94. The Kier molecular flexibility index (Phi) is 9.55. The Hall–Kier alpha value is -3.05. The smallest absolute Gasteiger partial charge is 0.269 e. The second-order valence-corrected chi connectivity index (χ2v) is 20.8. The van der Waals surface area contributed by atoms with Crippen molar-refractivity contribution in [2.45, 2.75) is 119 Å². The monoisotopic (exact) mass is 730 g/mol. The highest BCUT2D eigenvalue weighted by atomic mass is 32.2. The fourth-order valence-corrected chi connectivity index (χ4v) is 12.3. The first-order valence-corrected chi connectivity index (χ1v) is 21.6. The highest BCUT2D eigenvalue weighted by molar-refractivity contribution is 7.90. The van der Waals surface area contributed by atoms with Crippen LogP contribution >= 0.6 is 0 Å². The number of hydrogen-bond donors (Lipinski definition) is 0. The van der Waals surface area contributed by atoms with Crippen LogP contribution in [0.3, 0.4) is 0 Å². The van der Waals surface area contributed by atoms with Crippen molar-refractivity contribution in [1.82, 2.24) is 18.2 Å². The molecule has 1 aromatic heterocycles. The first kappa shape index (κ1) is 36.3. The van der Waals surface area contributed by atoms with Crippen LogP contribution in [0.4, 0.5) is 0 Å². The van der Waals surface area contributed by atoms with E-state index in [2.05, 4.69) is 46.4 Å². The van der Waals surface area contributed by atoms with E-state index in [1.165, 1.54) is 3.97 Å². The van der Waals surface area contributed by atoms with E-state index >= 15 is 0 Å². The molecule has 0 spiro atoms. The van der Waals surface area contributed by atoms with Crippen LogP contribution in [0.5, 0.6) is 0 Å². The van der Waals surface area contributed by atoms with Gasteiger partial charge < -0.3 is 0 Å². The molecule has 51 heavy (non-hydrogen) atoms. The molecule has 0 bridgehead atoms. The normalized spacial score (nSPS) is 23.7. The summed E-state index contributed by atoms with van der Waals surface area (Å²) in [6.07, 6.45) is 5.92. The van der Waals surface area contributed by atoms with Gasteiger partial charge in [-0.25, -0.2) is 25.8 Å².